The number of benzene rings is 2. The molecule has 4 nitrogen and oxygen atoms in total. The van der Waals surface area contributed by atoms with Crippen molar-refractivity contribution in [2.45, 2.75) is 32.3 Å². The number of esters is 1. The lowest BCUT2D eigenvalue weighted by molar-refractivity contribution is 0.0291. The first-order valence-corrected chi connectivity index (χ1v) is 8.47. The molecule has 0 bridgehead atoms. The summed E-state index contributed by atoms with van der Waals surface area (Å²) in [6, 6.07) is 14.7. The summed E-state index contributed by atoms with van der Waals surface area (Å²) in [5.41, 5.74) is 3.74. The first-order chi connectivity index (χ1) is 12.1. The number of ether oxygens (including phenoxy) is 1. The summed E-state index contributed by atoms with van der Waals surface area (Å²) in [5, 5.41) is 0.826. The Morgan fingerprint density at radius 3 is 2.68 bits per heavy atom. The fourth-order valence-electron chi connectivity index (χ4n) is 3.31. The van der Waals surface area contributed by atoms with Crippen LogP contribution in [0.25, 0.3) is 11.0 Å². The number of fused-ring (bicyclic) bond motifs is 2. The highest BCUT2D eigenvalue weighted by Crippen LogP contribution is 2.24. The van der Waals surface area contributed by atoms with E-state index in [1.165, 1.54) is 11.1 Å². The quantitative estimate of drug-likeness (QED) is 0.526. The molecule has 0 amide bonds. The number of carbonyl (C=O) groups is 2. The average Bonchev–Trinajstić information content (AvgIpc) is 3.26. The van der Waals surface area contributed by atoms with Crippen molar-refractivity contribution in [3.8, 4) is 0 Å². The first-order valence-electron chi connectivity index (χ1n) is 8.47. The van der Waals surface area contributed by atoms with Gasteiger partial charge in [0.25, 0.3) is 0 Å². The second kappa shape index (κ2) is 6.20. The van der Waals surface area contributed by atoms with Crippen LogP contribution in [-0.4, -0.2) is 17.9 Å². The standard InChI is InChI=1S/C21H18O4/c1-13(20(22)17-10-9-14-6-4-7-15(14)11-17)24-21(23)19-12-16-5-2-3-8-18(16)25-19/h2-3,5,8-13H,4,6-7H2,1H3/t13-/m1/s1. The molecule has 4 rings (SSSR count). The van der Waals surface area contributed by atoms with Crippen LogP contribution in [0, 0.1) is 0 Å². The minimum Gasteiger partial charge on any atom is -0.449 e. The number of Topliss-reactive ketones (excluding diaryl/α,β-unsaturated/α-hetero) is 1. The molecule has 2 aromatic carbocycles. The minimum absolute atomic E-state index is 0.106. The van der Waals surface area contributed by atoms with Crippen molar-refractivity contribution in [3.63, 3.8) is 0 Å². The van der Waals surface area contributed by atoms with Gasteiger partial charge in [0.1, 0.15) is 5.58 Å². The fraction of sp³-hybridized carbons (Fsp3) is 0.238. The van der Waals surface area contributed by atoms with Crippen LogP contribution in [-0.2, 0) is 17.6 Å². The van der Waals surface area contributed by atoms with E-state index in [-0.39, 0.29) is 11.5 Å². The number of carbonyl (C=O) groups excluding carboxylic acids is 2. The molecule has 0 fully saturated rings. The zero-order chi connectivity index (χ0) is 17.4. The molecule has 0 aliphatic heterocycles. The van der Waals surface area contributed by atoms with Gasteiger partial charge in [-0.2, -0.15) is 0 Å². The normalized spacial score (nSPS) is 14.3. The van der Waals surface area contributed by atoms with Crippen molar-refractivity contribution in [1.82, 2.24) is 0 Å². The maximum atomic E-state index is 12.6. The van der Waals surface area contributed by atoms with Gasteiger partial charge >= 0.3 is 5.97 Å². The van der Waals surface area contributed by atoms with E-state index in [4.69, 9.17) is 9.15 Å². The van der Waals surface area contributed by atoms with Crippen LogP contribution < -0.4 is 0 Å². The second-order valence-corrected chi connectivity index (χ2v) is 6.40. The van der Waals surface area contributed by atoms with Crippen molar-refractivity contribution in [3.05, 3.63) is 71.0 Å². The third kappa shape index (κ3) is 2.95. The molecule has 1 heterocycles. The van der Waals surface area contributed by atoms with Gasteiger partial charge < -0.3 is 9.15 Å². The van der Waals surface area contributed by atoms with Crippen LogP contribution in [0.5, 0.6) is 0 Å². The van der Waals surface area contributed by atoms with Crippen molar-refractivity contribution >= 4 is 22.7 Å². The molecule has 0 saturated heterocycles. The van der Waals surface area contributed by atoms with Gasteiger partial charge in [-0.05, 0) is 55.5 Å². The maximum Gasteiger partial charge on any atom is 0.374 e. The van der Waals surface area contributed by atoms with Gasteiger partial charge in [0.05, 0.1) is 0 Å². The van der Waals surface area contributed by atoms with Gasteiger partial charge in [-0.15, -0.1) is 0 Å². The Morgan fingerprint density at radius 2 is 1.84 bits per heavy atom. The van der Waals surface area contributed by atoms with E-state index in [9.17, 15) is 9.59 Å². The molecule has 0 unspecified atom stereocenters. The fourth-order valence-corrected chi connectivity index (χ4v) is 3.31. The molecule has 3 aromatic rings. The van der Waals surface area contributed by atoms with Crippen LogP contribution in [0.15, 0.2) is 52.9 Å². The zero-order valence-corrected chi connectivity index (χ0v) is 14.0. The maximum absolute atomic E-state index is 12.6. The van der Waals surface area contributed by atoms with Crippen molar-refractivity contribution in [2.75, 3.05) is 0 Å². The van der Waals surface area contributed by atoms with Crippen LogP contribution in [0.1, 0.15) is 45.4 Å². The summed E-state index contributed by atoms with van der Waals surface area (Å²) in [5.74, 6) is -0.716. The average molecular weight is 334 g/mol. The van der Waals surface area contributed by atoms with Crippen LogP contribution in [0.2, 0.25) is 0 Å². The van der Waals surface area contributed by atoms with E-state index in [1.807, 2.05) is 36.4 Å². The van der Waals surface area contributed by atoms with Crippen LogP contribution in [0.3, 0.4) is 0 Å². The summed E-state index contributed by atoms with van der Waals surface area (Å²) in [7, 11) is 0. The monoisotopic (exact) mass is 334 g/mol. The van der Waals surface area contributed by atoms with Gasteiger partial charge in [-0.3, -0.25) is 4.79 Å². The lowest BCUT2D eigenvalue weighted by Crippen LogP contribution is -2.24. The number of hydrogen-bond acceptors (Lipinski definition) is 4. The van der Waals surface area contributed by atoms with E-state index in [1.54, 1.807) is 19.1 Å². The second-order valence-electron chi connectivity index (χ2n) is 6.40. The molecule has 1 aliphatic carbocycles. The largest absolute Gasteiger partial charge is 0.449 e. The molecule has 0 radical (unpaired) electrons. The van der Waals surface area contributed by atoms with E-state index in [0.717, 1.165) is 24.6 Å². The number of para-hydroxylation sites is 1. The van der Waals surface area contributed by atoms with E-state index in [2.05, 4.69) is 0 Å². The molecular weight excluding hydrogens is 316 g/mol. The van der Waals surface area contributed by atoms with E-state index < -0.39 is 12.1 Å². The summed E-state index contributed by atoms with van der Waals surface area (Å²) in [6.07, 6.45) is 2.34. The minimum atomic E-state index is -0.861. The summed E-state index contributed by atoms with van der Waals surface area (Å²) in [4.78, 5) is 24.9. The van der Waals surface area contributed by atoms with E-state index >= 15 is 0 Å². The summed E-state index contributed by atoms with van der Waals surface area (Å²) in [6.45, 7) is 1.59. The highest BCUT2D eigenvalue weighted by Gasteiger charge is 2.23. The van der Waals surface area contributed by atoms with E-state index in [0.29, 0.717) is 11.1 Å². The number of rotatable bonds is 4. The lowest BCUT2D eigenvalue weighted by atomic mass is 10.0. The molecule has 4 heteroatoms. The summed E-state index contributed by atoms with van der Waals surface area (Å²) < 4.78 is 10.8. The molecule has 25 heavy (non-hydrogen) atoms. The van der Waals surface area contributed by atoms with Crippen LogP contribution in [0.4, 0.5) is 0 Å². The molecule has 0 saturated carbocycles. The Kier molecular flexibility index (Phi) is 3.88. The van der Waals surface area contributed by atoms with Gasteiger partial charge in [0.15, 0.2) is 6.10 Å². The molecule has 0 N–H and O–H groups in total. The third-order valence-electron chi connectivity index (χ3n) is 4.66. The highest BCUT2D eigenvalue weighted by molar-refractivity contribution is 6.01. The van der Waals surface area contributed by atoms with Gasteiger partial charge in [0, 0.05) is 10.9 Å². The number of hydrogen-bond donors (Lipinski definition) is 0. The third-order valence-corrected chi connectivity index (χ3v) is 4.66. The Hall–Kier alpha value is -2.88. The summed E-state index contributed by atoms with van der Waals surface area (Å²) >= 11 is 0. The molecule has 1 aromatic heterocycles. The SMILES string of the molecule is C[C@@H](OC(=O)c1cc2ccccc2o1)C(=O)c1ccc2c(c1)CCC2. The van der Waals surface area contributed by atoms with Gasteiger partial charge in [-0.25, -0.2) is 4.79 Å². The highest BCUT2D eigenvalue weighted by atomic mass is 16.6. The molecular formula is C21H18O4. The number of ketones is 1. The Balaban J connectivity index is 1.49. The molecule has 1 atom stereocenters. The molecule has 1 aliphatic rings. The van der Waals surface area contributed by atoms with Crippen molar-refractivity contribution < 1.29 is 18.7 Å². The Bertz CT molecular complexity index is 934. The van der Waals surface area contributed by atoms with Crippen molar-refractivity contribution in [1.29, 1.82) is 0 Å². The smallest absolute Gasteiger partial charge is 0.374 e. The number of aryl methyl sites for hydroxylation is 2. The molecule has 0 spiro atoms. The topological polar surface area (TPSA) is 56.5 Å². The first kappa shape index (κ1) is 15.6. The zero-order valence-electron chi connectivity index (χ0n) is 14.0. The predicted octanol–water partition coefficient (Wildman–Crippen LogP) is 4.35. The molecule has 126 valence electrons. The van der Waals surface area contributed by atoms with Gasteiger partial charge in [-0.1, -0.05) is 30.3 Å². The van der Waals surface area contributed by atoms with Crippen LogP contribution >= 0.6 is 0 Å². The Morgan fingerprint density at radius 1 is 1.04 bits per heavy atom. The Labute approximate surface area is 145 Å². The lowest BCUT2D eigenvalue weighted by Gasteiger charge is -2.12. The van der Waals surface area contributed by atoms with Crippen molar-refractivity contribution in [2.24, 2.45) is 0 Å². The number of furan rings is 1. The van der Waals surface area contributed by atoms with Gasteiger partial charge in [0.2, 0.25) is 11.5 Å². The predicted molar refractivity (Wildman–Crippen MR) is 93.9 cm³/mol.